The van der Waals surface area contributed by atoms with E-state index in [-0.39, 0.29) is 13.2 Å². The number of hydrogen-bond acceptors (Lipinski definition) is 6. The van der Waals surface area contributed by atoms with Crippen LogP contribution in [0.25, 0.3) is 0 Å². The molecule has 0 saturated carbocycles. The average Bonchev–Trinajstić information content (AvgIpc) is 2.68. The lowest BCUT2D eigenvalue weighted by molar-refractivity contribution is 0.281. The van der Waals surface area contributed by atoms with Gasteiger partial charge in [-0.1, -0.05) is 32.3 Å². The zero-order valence-electron chi connectivity index (χ0n) is 16.9. The molecule has 0 heterocycles. The van der Waals surface area contributed by atoms with Gasteiger partial charge in [0.1, 0.15) is 0 Å². The smallest absolute Gasteiger partial charge is 0.0606 e. The third kappa shape index (κ3) is 13.7. The molecule has 154 valence electrons. The Hall–Kier alpha value is -2.18. The van der Waals surface area contributed by atoms with Gasteiger partial charge >= 0.3 is 0 Å². The van der Waals surface area contributed by atoms with Crippen LogP contribution < -0.4 is 21.7 Å². The quantitative estimate of drug-likeness (QED) is 0.217. The molecule has 1 aromatic rings. The number of nitrogens with one attached hydrogen (secondary N) is 1. The lowest BCUT2D eigenvalue weighted by atomic mass is 10.2. The van der Waals surface area contributed by atoms with Crippen molar-refractivity contribution in [3.63, 3.8) is 0 Å². The van der Waals surface area contributed by atoms with E-state index >= 15 is 0 Å². The Morgan fingerprint density at radius 1 is 1.07 bits per heavy atom. The Kier molecular flexibility index (Phi) is 15.9. The first-order valence-electron chi connectivity index (χ1n) is 9.72. The summed E-state index contributed by atoms with van der Waals surface area (Å²) in [6.45, 7) is 6.39. The Labute approximate surface area is 164 Å². The fourth-order valence-electron chi connectivity index (χ4n) is 2.29. The summed E-state index contributed by atoms with van der Waals surface area (Å²) in [6, 6.07) is 7.36. The van der Waals surface area contributed by atoms with Gasteiger partial charge in [-0.25, -0.2) is 0 Å². The number of anilines is 2. The first kappa shape index (κ1) is 24.8. The third-order valence-corrected chi connectivity index (χ3v) is 3.90. The minimum absolute atomic E-state index is 0.0738. The number of hydrogen-bond donors (Lipinski definition) is 5. The molecule has 0 atom stereocenters. The zero-order valence-corrected chi connectivity index (χ0v) is 16.9. The van der Waals surface area contributed by atoms with Crippen LogP contribution in [0.3, 0.4) is 0 Å². The monoisotopic (exact) mass is 378 g/mol. The summed E-state index contributed by atoms with van der Waals surface area (Å²) in [7, 11) is 0. The lowest BCUT2D eigenvalue weighted by Gasteiger charge is -2.22. The maximum Gasteiger partial charge on any atom is 0.0606 e. The molecule has 6 nitrogen and oxygen atoms in total. The van der Waals surface area contributed by atoms with Crippen molar-refractivity contribution in [2.75, 3.05) is 43.5 Å². The molecule has 0 amide bonds. The fraction of sp³-hybridized carbons (Fsp3) is 0.524. The second-order valence-electron chi connectivity index (χ2n) is 6.16. The van der Waals surface area contributed by atoms with Crippen LogP contribution in [-0.4, -0.2) is 43.1 Å². The number of aliphatic hydroxyl groups is 2. The standard InChI is InChI=1S/C11H22N2.C10H16N2O2/c1-3-5-6-7-9-13-10-8-11(12)4-2;11-9-1-3-10(4-2-9)12(5-7-13)6-8-14/h4,8,10,13H,3,5-7,9,12H2,1-2H3;1-4,13-14H,5-8,11H2/b10-8-,11-4+;. The predicted octanol–water partition coefficient (Wildman–Crippen LogP) is 2.59. The molecular formula is C21H38N4O2. The predicted molar refractivity (Wildman–Crippen MR) is 116 cm³/mol. The number of nitrogens with two attached hydrogens (primary N) is 2. The fourth-order valence-corrected chi connectivity index (χ4v) is 2.29. The summed E-state index contributed by atoms with van der Waals surface area (Å²) < 4.78 is 0. The Morgan fingerprint density at radius 2 is 1.70 bits per heavy atom. The van der Waals surface area contributed by atoms with Gasteiger partial charge in [0, 0.05) is 36.7 Å². The van der Waals surface area contributed by atoms with Crippen LogP contribution in [0.4, 0.5) is 11.4 Å². The van der Waals surface area contributed by atoms with Gasteiger partial charge in [0.25, 0.3) is 0 Å². The van der Waals surface area contributed by atoms with Crippen LogP contribution >= 0.6 is 0 Å². The topological polar surface area (TPSA) is 108 Å². The van der Waals surface area contributed by atoms with Gasteiger partial charge in [0.05, 0.1) is 13.2 Å². The summed E-state index contributed by atoms with van der Waals surface area (Å²) >= 11 is 0. The van der Waals surface area contributed by atoms with Crippen molar-refractivity contribution in [2.45, 2.75) is 39.5 Å². The molecule has 0 aliphatic carbocycles. The van der Waals surface area contributed by atoms with Crippen molar-refractivity contribution in [1.29, 1.82) is 0 Å². The summed E-state index contributed by atoms with van der Waals surface area (Å²) in [5, 5.41) is 20.9. The highest BCUT2D eigenvalue weighted by molar-refractivity contribution is 5.53. The number of benzene rings is 1. The Bertz CT molecular complexity index is 509. The Morgan fingerprint density at radius 3 is 2.22 bits per heavy atom. The van der Waals surface area contributed by atoms with Gasteiger partial charge in [-0.05, 0) is 49.9 Å². The number of rotatable bonds is 12. The zero-order chi connectivity index (χ0) is 20.3. The molecule has 0 radical (unpaired) electrons. The van der Waals surface area contributed by atoms with Crippen molar-refractivity contribution >= 4 is 11.4 Å². The van der Waals surface area contributed by atoms with E-state index < -0.39 is 0 Å². The molecule has 0 aliphatic heterocycles. The molecule has 7 N–H and O–H groups in total. The maximum absolute atomic E-state index is 8.83. The summed E-state index contributed by atoms with van der Waals surface area (Å²) in [5.74, 6) is 0. The van der Waals surface area contributed by atoms with Crippen LogP contribution in [0.5, 0.6) is 0 Å². The van der Waals surface area contributed by atoms with Gasteiger partial charge in [-0.15, -0.1) is 0 Å². The number of nitrogens with zero attached hydrogens (tertiary/aromatic N) is 1. The van der Waals surface area contributed by atoms with Crippen molar-refractivity contribution < 1.29 is 10.2 Å². The molecule has 0 bridgehead atoms. The number of allylic oxidation sites excluding steroid dienone is 2. The van der Waals surface area contributed by atoms with Crippen molar-refractivity contribution in [1.82, 2.24) is 5.32 Å². The van der Waals surface area contributed by atoms with Crippen LogP contribution in [0, 0.1) is 0 Å². The highest BCUT2D eigenvalue weighted by atomic mass is 16.3. The summed E-state index contributed by atoms with van der Waals surface area (Å²) in [4.78, 5) is 1.90. The summed E-state index contributed by atoms with van der Waals surface area (Å²) in [5.41, 5.74) is 13.6. The molecule has 1 rings (SSSR count). The number of aliphatic hydroxyl groups excluding tert-OH is 2. The van der Waals surface area contributed by atoms with E-state index in [9.17, 15) is 0 Å². The molecule has 6 heteroatoms. The Balaban J connectivity index is 0.000000503. The second-order valence-corrected chi connectivity index (χ2v) is 6.16. The van der Waals surface area contributed by atoms with Crippen molar-refractivity contribution in [3.8, 4) is 0 Å². The molecule has 0 saturated heterocycles. The molecule has 0 aromatic heterocycles. The van der Waals surface area contributed by atoms with Gasteiger partial charge in [-0.2, -0.15) is 0 Å². The van der Waals surface area contributed by atoms with Gasteiger partial charge in [-0.3, -0.25) is 0 Å². The van der Waals surface area contributed by atoms with Crippen LogP contribution in [0.1, 0.15) is 39.5 Å². The summed E-state index contributed by atoms with van der Waals surface area (Å²) in [6.07, 6.45) is 10.9. The molecular weight excluding hydrogens is 340 g/mol. The lowest BCUT2D eigenvalue weighted by Crippen LogP contribution is -2.29. The molecule has 1 aromatic carbocycles. The normalized spacial score (nSPS) is 11.2. The second kappa shape index (κ2) is 17.2. The molecule has 0 fully saturated rings. The van der Waals surface area contributed by atoms with Gasteiger partial charge in [0.2, 0.25) is 0 Å². The van der Waals surface area contributed by atoms with Crippen LogP contribution in [0.2, 0.25) is 0 Å². The van der Waals surface area contributed by atoms with E-state index in [0.717, 1.165) is 17.9 Å². The van der Waals surface area contributed by atoms with Crippen LogP contribution in [-0.2, 0) is 0 Å². The number of unbranched alkanes of at least 4 members (excludes halogenated alkanes) is 3. The maximum atomic E-state index is 8.83. The van der Waals surface area contributed by atoms with Gasteiger partial charge < -0.3 is 31.9 Å². The molecule has 0 aliphatic rings. The van der Waals surface area contributed by atoms with Crippen LogP contribution in [0.15, 0.2) is 48.3 Å². The molecule has 27 heavy (non-hydrogen) atoms. The third-order valence-electron chi connectivity index (χ3n) is 3.90. The minimum Gasteiger partial charge on any atom is -0.399 e. The van der Waals surface area contributed by atoms with E-state index in [4.69, 9.17) is 21.7 Å². The first-order valence-corrected chi connectivity index (χ1v) is 9.72. The average molecular weight is 379 g/mol. The van der Waals surface area contributed by atoms with E-state index in [1.807, 2.05) is 42.3 Å². The van der Waals surface area contributed by atoms with E-state index in [1.165, 1.54) is 25.7 Å². The molecule has 0 unspecified atom stereocenters. The first-order chi connectivity index (χ1) is 13.1. The van der Waals surface area contributed by atoms with E-state index in [2.05, 4.69) is 12.2 Å². The van der Waals surface area contributed by atoms with E-state index in [0.29, 0.717) is 18.8 Å². The van der Waals surface area contributed by atoms with Crippen molar-refractivity contribution in [2.24, 2.45) is 5.73 Å². The SMILES string of the molecule is C/C=C(N)\C=C/NCCCCCC.Nc1ccc(N(CCO)CCO)cc1. The number of nitrogen functional groups attached to an aromatic ring is 1. The highest BCUT2D eigenvalue weighted by Gasteiger charge is 2.03. The largest absolute Gasteiger partial charge is 0.399 e. The molecule has 0 spiro atoms. The minimum atomic E-state index is 0.0738. The highest BCUT2D eigenvalue weighted by Crippen LogP contribution is 2.15. The van der Waals surface area contributed by atoms with Crippen molar-refractivity contribution in [3.05, 3.63) is 48.3 Å². The van der Waals surface area contributed by atoms with Gasteiger partial charge in [0.15, 0.2) is 0 Å². The van der Waals surface area contributed by atoms with E-state index in [1.54, 1.807) is 12.1 Å².